The number of carbonyl (C=O) groups is 2. The maximum atomic E-state index is 13.7. The average Bonchev–Trinajstić information content (AvgIpc) is 3.20. The summed E-state index contributed by atoms with van der Waals surface area (Å²) in [5.41, 5.74) is 6.51. The van der Waals surface area contributed by atoms with Gasteiger partial charge in [0.15, 0.2) is 5.69 Å². The summed E-state index contributed by atoms with van der Waals surface area (Å²) < 4.78 is 20.3. The van der Waals surface area contributed by atoms with E-state index in [1.165, 1.54) is 19.2 Å². The van der Waals surface area contributed by atoms with E-state index < -0.39 is 6.09 Å². The summed E-state index contributed by atoms with van der Waals surface area (Å²) in [4.78, 5) is 27.8. The lowest BCUT2D eigenvalue weighted by atomic mass is 10.0. The van der Waals surface area contributed by atoms with Gasteiger partial charge in [-0.05, 0) is 66.8 Å². The van der Waals surface area contributed by atoms with Gasteiger partial charge in [-0.2, -0.15) is 5.10 Å². The SMILES string of the molecule is COC(=O)N1CCc2c(C(=O)NN3CCCCC3)nn(-c3ccc(Cl)cc3Cl)c2C(=Cc2ccc(F)cc2)C1. The molecule has 1 aromatic heterocycles. The van der Waals surface area contributed by atoms with Crippen LogP contribution in [0.5, 0.6) is 0 Å². The van der Waals surface area contributed by atoms with Crippen LogP contribution in [-0.4, -0.2) is 65.0 Å². The van der Waals surface area contributed by atoms with Crippen LogP contribution >= 0.6 is 23.2 Å². The molecule has 204 valence electrons. The molecule has 0 saturated carbocycles. The van der Waals surface area contributed by atoms with Crippen LogP contribution < -0.4 is 5.43 Å². The largest absolute Gasteiger partial charge is 0.453 e. The minimum Gasteiger partial charge on any atom is -0.453 e. The second-order valence-electron chi connectivity index (χ2n) is 9.53. The molecule has 2 aliphatic heterocycles. The van der Waals surface area contributed by atoms with Crippen molar-refractivity contribution in [2.24, 2.45) is 0 Å². The van der Waals surface area contributed by atoms with Gasteiger partial charge in [0.25, 0.3) is 5.91 Å². The van der Waals surface area contributed by atoms with Gasteiger partial charge in [-0.15, -0.1) is 0 Å². The molecule has 2 aromatic carbocycles. The fourth-order valence-electron chi connectivity index (χ4n) is 4.99. The van der Waals surface area contributed by atoms with Gasteiger partial charge in [0.1, 0.15) is 5.82 Å². The maximum Gasteiger partial charge on any atom is 0.409 e. The summed E-state index contributed by atoms with van der Waals surface area (Å²) in [5, 5.41) is 7.50. The van der Waals surface area contributed by atoms with E-state index in [0.29, 0.717) is 45.5 Å². The molecule has 3 heterocycles. The van der Waals surface area contributed by atoms with Crippen molar-refractivity contribution in [3.63, 3.8) is 0 Å². The summed E-state index contributed by atoms with van der Waals surface area (Å²) in [6.07, 6.45) is 4.87. The van der Waals surface area contributed by atoms with Crippen LogP contribution in [-0.2, 0) is 11.2 Å². The van der Waals surface area contributed by atoms with E-state index in [0.717, 1.165) is 37.9 Å². The Morgan fingerprint density at radius 3 is 2.49 bits per heavy atom. The molecule has 0 spiro atoms. The van der Waals surface area contributed by atoms with E-state index in [1.54, 1.807) is 39.9 Å². The Labute approximate surface area is 235 Å². The summed E-state index contributed by atoms with van der Waals surface area (Å²) in [5.74, 6) is -0.686. The van der Waals surface area contributed by atoms with Gasteiger partial charge in [0.2, 0.25) is 0 Å². The van der Waals surface area contributed by atoms with Crippen molar-refractivity contribution in [1.29, 1.82) is 0 Å². The molecule has 0 aliphatic carbocycles. The molecule has 0 bridgehead atoms. The van der Waals surface area contributed by atoms with Gasteiger partial charge in [-0.1, -0.05) is 41.8 Å². The highest BCUT2D eigenvalue weighted by atomic mass is 35.5. The molecule has 5 rings (SSSR count). The predicted octanol–water partition coefficient (Wildman–Crippen LogP) is 5.61. The Morgan fingerprint density at radius 1 is 1.05 bits per heavy atom. The molecule has 2 amide bonds. The summed E-state index contributed by atoms with van der Waals surface area (Å²) in [6.45, 7) is 2.03. The van der Waals surface area contributed by atoms with Crippen molar-refractivity contribution in [2.45, 2.75) is 25.7 Å². The van der Waals surface area contributed by atoms with E-state index in [9.17, 15) is 14.0 Å². The molecule has 0 radical (unpaired) electrons. The zero-order valence-electron chi connectivity index (χ0n) is 21.4. The van der Waals surface area contributed by atoms with E-state index in [1.807, 2.05) is 11.1 Å². The number of hydrogen-bond donors (Lipinski definition) is 1. The minimum absolute atomic E-state index is 0.182. The molecular weight excluding hydrogens is 544 g/mol. The number of hydrazine groups is 1. The molecular formula is C28H28Cl2FN5O3. The monoisotopic (exact) mass is 571 g/mol. The van der Waals surface area contributed by atoms with E-state index in [-0.39, 0.29) is 24.0 Å². The van der Waals surface area contributed by atoms with E-state index in [4.69, 9.17) is 33.0 Å². The van der Waals surface area contributed by atoms with Crippen LogP contribution in [0.2, 0.25) is 10.0 Å². The Morgan fingerprint density at radius 2 is 1.79 bits per heavy atom. The summed E-state index contributed by atoms with van der Waals surface area (Å²) in [7, 11) is 1.33. The molecule has 11 heteroatoms. The molecule has 1 fully saturated rings. The van der Waals surface area contributed by atoms with Crippen molar-refractivity contribution in [1.82, 2.24) is 25.1 Å². The normalized spacial score (nSPS) is 17.0. The number of fused-ring (bicyclic) bond motifs is 1. The van der Waals surface area contributed by atoms with Gasteiger partial charge in [0, 0.05) is 30.2 Å². The zero-order valence-corrected chi connectivity index (χ0v) is 22.9. The third kappa shape index (κ3) is 5.95. The molecule has 2 aliphatic rings. The molecule has 8 nitrogen and oxygen atoms in total. The predicted molar refractivity (Wildman–Crippen MR) is 148 cm³/mol. The Hall–Kier alpha value is -3.40. The number of hydrogen-bond acceptors (Lipinski definition) is 5. The Bertz CT molecular complexity index is 1420. The van der Waals surface area contributed by atoms with Crippen LogP contribution in [0.15, 0.2) is 42.5 Å². The van der Waals surface area contributed by atoms with Crippen LogP contribution in [0, 0.1) is 5.82 Å². The maximum absolute atomic E-state index is 13.7. The average molecular weight is 572 g/mol. The number of benzene rings is 2. The molecule has 1 N–H and O–H groups in total. The van der Waals surface area contributed by atoms with Gasteiger partial charge >= 0.3 is 6.09 Å². The highest BCUT2D eigenvalue weighted by molar-refractivity contribution is 6.35. The van der Waals surface area contributed by atoms with Gasteiger partial charge in [-0.3, -0.25) is 10.2 Å². The third-order valence-corrected chi connectivity index (χ3v) is 7.43. The lowest BCUT2D eigenvalue weighted by Crippen LogP contribution is -2.45. The first kappa shape index (κ1) is 27.2. The van der Waals surface area contributed by atoms with Crippen molar-refractivity contribution in [3.05, 3.63) is 80.8 Å². The number of amides is 2. The van der Waals surface area contributed by atoms with Crippen molar-refractivity contribution in [2.75, 3.05) is 33.3 Å². The number of carbonyl (C=O) groups excluding carboxylic acids is 2. The number of ether oxygens (including phenoxy) is 1. The van der Waals surface area contributed by atoms with E-state index >= 15 is 0 Å². The number of piperidine rings is 1. The van der Waals surface area contributed by atoms with Gasteiger partial charge < -0.3 is 9.64 Å². The number of nitrogens with zero attached hydrogens (tertiary/aromatic N) is 4. The van der Waals surface area contributed by atoms with Crippen molar-refractivity contribution in [3.8, 4) is 5.69 Å². The first-order valence-electron chi connectivity index (χ1n) is 12.8. The number of nitrogens with one attached hydrogen (secondary N) is 1. The smallest absolute Gasteiger partial charge is 0.409 e. The highest BCUT2D eigenvalue weighted by Crippen LogP contribution is 2.34. The summed E-state index contributed by atoms with van der Waals surface area (Å²) in [6, 6.07) is 11.1. The lowest BCUT2D eigenvalue weighted by molar-refractivity contribution is 0.0743. The Balaban J connectivity index is 1.68. The molecule has 0 unspecified atom stereocenters. The molecule has 0 atom stereocenters. The Kier molecular flexibility index (Phi) is 8.20. The van der Waals surface area contributed by atoms with Crippen LogP contribution in [0.25, 0.3) is 17.3 Å². The van der Waals surface area contributed by atoms with Crippen molar-refractivity contribution < 1.29 is 18.7 Å². The standard InChI is InChI=1S/C28H28Cl2FN5O3/c1-39-28(38)34-14-11-22-25(27(37)33-35-12-3-2-4-13-35)32-36(24-10-7-20(29)16-23(24)30)26(22)19(17-34)15-18-5-8-21(31)9-6-18/h5-10,15-16H,2-4,11-14,17H2,1H3,(H,33,37). The van der Waals surface area contributed by atoms with Crippen molar-refractivity contribution >= 4 is 46.9 Å². The molecule has 3 aromatic rings. The first-order chi connectivity index (χ1) is 18.8. The van der Waals surface area contributed by atoms with Gasteiger partial charge in [-0.25, -0.2) is 18.9 Å². The quantitative estimate of drug-likeness (QED) is 0.440. The topological polar surface area (TPSA) is 79.7 Å². The fraction of sp³-hybridized carbons (Fsp3) is 0.321. The molecule has 39 heavy (non-hydrogen) atoms. The minimum atomic E-state index is -0.492. The number of methoxy groups -OCH3 is 1. The number of rotatable bonds is 4. The first-order valence-corrected chi connectivity index (χ1v) is 13.5. The second-order valence-corrected chi connectivity index (χ2v) is 10.4. The van der Waals surface area contributed by atoms with Crippen LogP contribution in [0.4, 0.5) is 9.18 Å². The van der Waals surface area contributed by atoms with Gasteiger partial charge in [0.05, 0.1) is 30.1 Å². The third-order valence-electron chi connectivity index (χ3n) is 6.89. The fourth-order valence-corrected chi connectivity index (χ4v) is 5.48. The highest BCUT2D eigenvalue weighted by Gasteiger charge is 2.32. The van der Waals surface area contributed by atoms with Crippen LogP contribution in [0.1, 0.15) is 46.6 Å². The number of halogens is 3. The zero-order chi connectivity index (χ0) is 27.5. The molecule has 1 saturated heterocycles. The second kappa shape index (κ2) is 11.8. The number of aromatic nitrogens is 2. The van der Waals surface area contributed by atoms with Crippen LogP contribution in [0.3, 0.4) is 0 Å². The lowest BCUT2D eigenvalue weighted by Gasteiger charge is -2.26. The summed E-state index contributed by atoms with van der Waals surface area (Å²) >= 11 is 12.8. The van der Waals surface area contributed by atoms with E-state index in [2.05, 4.69) is 5.43 Å².